The van der Waals surface area contributed by atoms with Gasteiger partial charge in [-0.15, -0.1) is 0 Å². The molecule has 0 aromatic carbocycles. The zero-order valence-corrected chi connectivity index (χ0v) is 8.60. The Bertz CT molecular complexity index is 181. The molecule has 0 aromatic heterocycles. The average Bonchev–Trinajstić information content (AvgIpc) is 2.11. The second kappa shape index (κ2) is 6.77. The molecule has 0 aromatic rings. The van der Waals surface area contributed by atoms with Crippen molar-refractivity contribution in [1.82, 2.24) is 0 Å². The van der Waals surface area contributed by atoms with Gasteiger partial charge in [-0.05, 0) is 24.9 Å². The van der Waals surface area contributed by atoms with Crippen LogP contribution in [-0.4, -0.2) is 36.2 Å². The van der Waals surface area contributed by atoms with Gasteiger partial charge in [0.25, 0.3) is 0 Å². The molecule has 1 atom stereocenters. The van der Waals surface area contributed by atoms with Gasteiger partial charge in [0.1, 0.15) is 0 Å². The first-order valence-corrected chi connectivity index (χ1v) is 5.32. The molecule has 0 radical (unpaired) electrons. The number of hydrogen-bond acceptors (Lipinski definition) is 4. The molecule has 1 N–H and O–H groups in total. The Morgan fingerprint density at radius 2 is 2.15 bits per heavy atom. The van der Waals surface area contributed by atoms with Crippen LogP contribution in [0.15, 0.2) is 0 Å². The van der Waals surface area contributed by atoms with E-state index >= 15 is 0 Å². The zero-order chi connectivity index (χ0) is 10.3. The van der Waals surface area contributed by atoms with E-state index in [2.05, 4.69) is 4.74 Å². The van der Waals surface area contributed by atoms with E-state index in [-0.39, 0.29) is 0 Å². The second-order valence-electron chi connectivity index (χ2n) is 2.55. The molecule has 0 aliphatic heterocycles. The van der Waals surface area contributed by atoms with Crippen LogP contribution in [-0.2, 0) is 14.3 Å². The van der Waals surface area contributed by atoms with Crippen molar-refractivity contribution >= 4 is 23.7 Å². The highest BCUT2D eigenvalue weighted by Crippen LogP contribution is 2.11. The second-order valence-corrected chi connectivity index (χ2v) is 3.53. The van der Waals surface area contributed by atoms with E-state index in [1.165, 1.54) is 7.11 Å². The Balaban J connectivity index is 3.95. The number of thioether (sulfide) groups is 1. The van der Waals surface area contributed by atoms with Crippen molar-refractivity contribution in [3.63, 3.8) is 0 Å². The summed E-state index contributed by atoms with van der Waals surface area (Å²) in [6.45, 7) is 0. The quantitative estimate of drug-likeness (QED) is 0.399. The number of carboxylic acid groups (broad SMARTS) is 1. The van der Waals surface area contributed by atoms with Crippen LogP contribution < -0.4 is 0 Å². The first kappa shape index (κ1) is 12.3. The lowest BCUT2D eigenvalue weighted by atomic mass is 10.0. The van der Waals surface area contributed by atoms with Crippen molar-refractivity contribution < 1.29 is 19.4 Å². The van der Waals surface area contributed by atoms with Gasteiger partial charge in [0.15, 0.2) is 5.92 Å². The fraction of sp³-hybridized carbons (Fsp3) is 0.750. The molecule has 0 saturated heterocycles. The number of esters is 1. The summed E-state index contributed by atoms with van der Waals surface area (Å²) in [7, 11) is 1.20. The van der Waals surface area contributed by atoms with E-state index < -0.39 is 17.9 Å². The van der Waals surface area contributed by atoms with E-state index in [1.807, 2.05) is 6.26 Å². The van der Waals surface area contributed by atoms with Gasteiger partial charge in [0.05, 0.1) is 7.11 Å². The SMILES string of the molecule is COC(=O)C(CCCSC)C(=O)O. The standard InChI is InChI=1S/C8H14O4S/c1-12-8(11)6(7(9)10)4-3-5-13-2/h6H,3-5H2,1-2H3,(H,9,10). The Labute approximate surface area is 81.6 Å². The number of methoxy groups -OCH3 is 1. The zero-order valence-electron chi connectivity index (χ0n) is 7.78. The smallest absolute Gasteiger partial charge is 0.320 e. The van der Waals surface area contributed by atoms with Gasteiger partial charge >= 0.3 is 11.9 Å². The Morgan fingerprint density at radius 3 is 2.54 bits per heavy atom. The molecule has 0 amide bonds. The summed E-state index contributed by atoms with van der Waals surface area (Å²) in [6.07, 6.45) is 3.00. The van der Waals surface area contributed by atoms with Crippen molar-refractivity contribution in [2.24, 2.45) is 5.92 Å². The van der Waals surface area contributed by atoms with Crippen LogP contribution >= 0.6 is 11.8 Å². The Hall–Kier alpha value is -0.710. The van der Waals surface area contributed by atoms with E-state index in [0.717, 1.165) is 5.75 Å². The number of ether oxygens (including phenoxy) is 1. The van der Waals surface area contributed by atoms with Gasteiger partial charge in [0, 0.05) is 0 Å². The Kier molecular flexibility index (Phi) is 6.40. The maximum absolute atomic E-state index is 10.9. The van der Waals surface area contributed by atoms with Crippen LogP contribution in [0.2, 0.25) is 0 Å². The number of carboxylic acids is 1. The van der Waals surface area contributed by atoms with Crippen LogP contribution in [0.5, 0.6) is 0 Å². The van der Waals surface area contributed by atoms with Crippen molar-refractivity contribution in [2.75, 3.05) is 19.1 Å². The molecule has 0 saturated carbocycles. The van der Waals surface area contributed by atoms with Crippen LogP contribution in [0, 0.1) is 5.92 Å². The molecule has 76 valence electrons. The molecule has 1 unspecified atom stereocenters. The molecule has 0 aliphatic carbocycles. The van der Waals surface area contributed by atoms with Gasteiger partial charge < -0.3 is 9.84 Å². The number of carbonyl (C=O) groups is 2. The largest absolute Gasteiger partial charge is 0.481 e. The Morgan fingerprint density at radius 1 is 1.54 bits per heavy atom. The molecular formula is C8H14O4S. The minimum Gasteiger partial charge on any atom is -0.481 e. The maximum atomic E-state index is 10.9. The number of aliphatic carboxylic acids is 1. The summed E-state index contributed by atoms with van der Waals surface area (Å²) in [6, 6.07) is 0. The van der Waals surface area contributed by atoms with E-state index in [1.54, 1.807) is 11.8 Å². The minimum atomic E-state index is -1.10. The van der Waals surface area contributed by atoms with Gasteiger partial charge in [-0.1, -0.05) is 0 Å². The highest BCUT2D eigenvalue weighted by molar-refractivity contribution is 7.98. The summed E-state index contributed by atoms with van der Waals surface area (Å²) < 4.78 is 4.38. The molecule has 0 heterocycles. The maximum Gasteiger partial charge on any atom is 0.320 e. The lowest BCUT2D eigenvalue weighted by molar-refractivity contribution is -0.157. The van der Waals surface area contributed by atoms with Crippen LogP contribution in [0.1, 0.15) is 12.8 Å². The summed E-state index contributed by atoms with van der Waals surface area (Å²) in [4.78, 5) is 21.5. The van der Waals surface area contributed by atoms with Crippen molar-refractivity contribution in [3.8, 4) is 0 Å². The average molecular weight is 206 g/mol. The van der Waals surface area contributed by atoms with E-state index in [0.29, 0.717) is 12.8 Å². The number of carbonyl (C=O) groups excluding carboxylic acids is 1. The predicted octanol–water partition coefficient (Wildman–Crippen LogP) is 1.00. The molecule has 0 spiro atoms. The molecule has 13 heavy (non-hydrogen) atoms. The molecule has 5 heteroatoms. The normalized spacial score (nSPS) is 12.2. The summed E-state index contributed by atoms with van der Waals surface area (Å²) >= 11 is 1.63. The first-order chi connectivity index (χ1) is 6.13. The molecule has 0 fully saturated rings. The molecule has 4 nitrogen and oxygen atoms in total. The topological polar surface area (TPSA) is 63.6 Å². The molecule has 0 rings (SSSR count). The minimum absolute atomic E-state index is 0.350. The molecular weight excluding hydrogens is 192 g/mol. The summed E-state index contributed by atoms with van der Waals surface area (Å²) in [5, 5.41) is 8.67. The highest BCUT2D eigenvalue weighted by atomic mass is 32.2. The van der Waals surface area contributed by atoms with Crippen molar-refractivity contribution in [3.05, 3.63) is 0 Å². The van der Waals surface area contributed by atoms with Crippen LogP contribution in [0.4, 0.5) is 0 Å². The monoisotopic (exact) mass is 206 g/mol. The third-order valence-corrected chi connectivity index (χ3v) is 2.32. The lowest BCUT2D eigenvalue weighted by Crippen LogP contribution is -2.25. The first-order valence-electron chi connectivity index (χ1n) is 3.93. The van der Waals surface area contributed by atoms with Crippen molar-refractivity contribution in [1.29, 1.82) is 0 Å². The number of hydrogen-bond donors (Lipinski definition) is 1. The van der Waals surface area contributed by atoms with Gasteiger partial charge in [0.2, 0.25) is 0 Å². The molecule has 0 bridgehead atoms. The number of rotatable bonds is 6. The van der Waals surface area contributed by atoms with Gasteiger partial charge in [-0.2, -0.15) is 11.8 Å². The summed E-state index contributed by atoms with van der Waals surface area (Å²) in [5.74, 6) is -1.90. The van der Waals surface area contributed by atoms with E-state index in [9.17, 15) is 9.59 Å². The highest BCUT2D eigenvalue weighted by Gasteiger charge is 2.26. The molecule has 0 aliphatic rings. The fourth-order valence-corrected chi connectivity index (χ4v) is 1.37. The third kappa shape index (κ3) is 4.77. The van der Waals surface area contributed by atoms with Crippen molar-refractivity contribution in [2.45, 2.75) is 12.8 Å². The predicted molar refractivity (Wildman–Crippen MR) is 50.8 cm³/mol. The summed E-state index contributed by atoms with van der Waals surface area (Å²) in [5.41, 5.74) is 0. The van der Waals surface area contributed by atoms with Gasteiger partial charge in [-0.3, -0.25) is 9.59 Å². The van der Waals surface area contributed by atoms with Crippen LogP contribution in [0.3, 0.4) is 0 Å². The van der Waals surface area contributed by atoms with Gasteiger partial charge in [-0.25, -0.2) is 0 Å². The van der Waals surface area contributed by atoms with E-state index in [4.69, 9.17) is 5.11 Å². The lowest BCUT2D eigenvalue weighted by Gasteiger charge is -2.08. The third-order valence-electron chi connectivity index (χ3n) is 1.63. The van der Waals surface area contributed by atoms with Crippen LogP contribution in [0.25, 0.3) is 0 Å². The fourth-order valence-electron chi connectivity index (χ4n) is 0.916.